The van der Waals surface area contributed by atoms with Gasteiger partial charge in [-0.25, -0.2) is 0 Å². The molecular formula is C48H28N2OS. The van der Waals surface area contributed by atoms with Crippen LogP contribution in [0.25, 0.3) is 97.4 Å². The average Bonchev–Trinajstić information content (AvgIpc) is 3.86. The molecule has 8 aromatic carbocycles. The van der Waals surface area contributed by atoms with E-state index in [1.165, 1.54) is 80.5 Å². The van der Waals surface area contributed by atoms with E-state index in [1.54, 1.807) is 0 Å². The molecule has 4 heterocycles. The highest BCUT2D eigenvalue weighted by atomic mass is 32.1. The topological polar surface area (TPSA) is 19.1 Å². The van der Waals surface area contributed by atoms with Crippen molar-refractivity contribution in [2.24, 2.45) is 0 Å². The van der Waals surface area contributed by atoms with E-state index in [1.807, 2.05) is 23.5 Å². The van der Waals surface area contributed by atoms with Crippen molar-refractivity contribution in [1.29, 1.82) is 0 Å². The lowest BCUT2D eigenvalue weighted by atomic mass is 10.0. The van der Waals surface area contributed by atoms with Crippen LogP contribution in [0.3, 0.4) is 0 Å². The molecule has 0 amide bonds. The van der Waals surface area contributed by atoms with Crippen LogP contribution in [0.2, 0.25) is 0 Å². The Morgan fingerprint density at radius 3 is 1.96 bits per heavy atom. The Bertz CT molecular complexity index is 3270. The minimum absolute atomic E-state index is 0.884. The van der Waals surface area contributed by atoms with Gasteiger partial charge in [-0.3, -0.25) is 0 Å². The molecule has 0 atom stereocenters. The molecule has 0 spiro atoms. The summed E-state index contributed by atoms with van der Waals surface area (Å²) in [5.74, 6) is 1.78. The second kappa shape index (κ2) is 10.5. The fraction of sp³-hybridized carbons (Fsp3) is 0. The van der Waals surface area contributed by atoms with Crippen LogP contribution >= 0.6 is 11.3 Å². The Morgan fingerprint density at radius 2 is 1.04 bits per heavy atom. The predicted octanol–water partition coefficient (Wildman–Crippen LogP) is 13.7. The highest BCUT2D eigenvalue weighted by Crippen LogP contribution is 2.46. The molecule has 0 bridgehead atoms. The minimum Gasteiger partial charge on any atom is -0.453 e. The Morgan fingerprint density at radius 1 is 0.404 bits per heavy atom. The van der Waals surface area contributed by atoms with Gasteiger partial charge in [0, 0.05) is 47.4 Å². The third kappa shape index (κ3) is 3.84. The minimum atomic E-state index is 0.884. The summed E-state index contributed by atoms with van der Waals surface area (Å²) in [7, 11) is 0. The Hall–Kier alpha value is -6.62. The van der Waals surface area contributed by atoms with E-state index >= 15 is 0 Å². The number of nitrogens with zero attached hydrogens (tertiary/aromatic N) is 2. The quantitative estimate of drug-likeness (QED) is 0.182. The third-order valence-corrected chi connectivity index (χ3v) is 12.1. The van der Waals surface area contributed by atoms with E-state index in [9.17, 15) is 0 Å². The molecule has 11 aromatic rings. The number of hydrogen-bond acceptors (Lipinski definition) is 2. The van der Waals surface area contributed by atoms with Gasteiger partial charge in [-0.15, -0.1) is 11.3 Å². The first kappa shape index (κ1) is 28.1. The lowest BCUT2D eigenvalue weighted by Crippen LogP contribution is -2.03. The summed E-state index contributed by atoms with van der Waals surface area (Å²) >= 11 is 1.89. The van der Waals surface area contributed by atoms with Crippen LogP contribution < -0.4 is 4.74 Å². The van der Waals surface area contributed by atoms with Crippen molar-refractivity contribution in [3.63, 3.8) is 0 Å². The lowest BCUT2D eigenvalue weighted by molar-refractivity contribution is 0.476. The van der Waals surface area contributed by atoms with Crippen molar-refractivity contribution in [2.45, 2.75) is 0 Å². The third-order valence-electron chi connectivity index (χ3n) is 10.9. The molecule has 0 unspecified atom stereocenters. The molecule has 242 valence electrons. The first-order valence-corrected chi connectivity index (χ1v) is 18.5. The second-order valence-electron chi connectivity index (χ2n) is 13.7. The smallest absolute Gasteiger partial charge is 0.152 e. The van der Waals surface area contributed by atoms with Gasteiger partial charge in [-0.2, -0.15) is 0 Å². The Labute approximate surface area is 302 Å². The van der Waals surface area contributed by atoms with Crippen LogP contribution in [0.5, 0.6) is 11.5 Å². The molecule has 3 aromatic heterocycles. The van der Waals surface area contributed by atoms with Crippen LogP contribution in [-0.4, -0.2) is 9.13 Å². The molecule has 0 fully saturated rings. The highest BCUT2D eigenvalue weighted by Gasteiger charge is 2.23. The van der Waals surface area contributed by atoms with Gasteiger partial charge >= 0.3 is 0 Å². The summed E-state index contributed by atoms with van der Waals surface area (Å²) in [6, 6.07) is 61.8. The molecule has 12 rings (SSSR count). The molecule has 0 radical (unpaired) electrons. The van der Waals surface area contributed by atoms with Gasteiger partial charge in [-0.1, -0.05) is 103 Å². The maximum absolute atomic E-state index is 6.34. The molecule has 0 N–H and O–H groups in total. The number of hydrogen-bond donors (Lipinski definition) is 0. The maximum Gasteiger partial charge on any atom is 0.152 e. The van der Waals surface area contributed by atoms with Gasteiger partial charge < -0.3 is 13.9 Å². The van der Waals surface area contributed by atoms with E-state index in [4.69, 9.17) is 4.74 Å². The SMILES string of the molecule is c1ccc2c(c1)Oc1cccc3c4cc(-c5ccc(-n6c7ccccc7c7cc(-c8cccc9c8sc8ccccc89)ccc76)cc5)ccc4n-2c13. The van der Waals surface area contributed by atoms with Crippen molar-refractivity contribution in [3.05, 3.63) is 170 Å². The van der Waals surface area contributed by atoms with Crippen molar-refractivity contribution in [1.82, 2.24) is 9.13 Å². The number of para-hydroxylation sites is 4. The van der Waals surface area contributed by atoms with Gasteiger partial charge in [0.25, 0.3) is 0 Å². The second-order valence-corrected chi connectivity index (χ2v) is 14.8. The van der Waals surface area contributed by atoms with E-state index in [0.717, 1.165) is 28.4 Å². The molecule has 52 heavy (non-hydrogen) atoms. The zero-order chi connectivity index (χ0) is 33.9. The Kier molecular flexibility index (Phi) is 5.65. The summed E-state index contributed by atoms with van der Waals surface area (Å²) in [4.78, 5) is 0. The maximum atomic E-state index is 6.34. The number of ether oxygens (including phenoxy) is 1. The van der Waals surface area contributed by atoms with Crippen LogP contribution in [0.1, 0.15) is 0 Å². The molecular weight excluding hydrogens is 653 g/mol. The number of thiophene rings is 1. The van der Waals surface area contributed by atoms with Crippen LogP contribution in [0.4, 0.5) is 0 Å². The normalized spacial score (nSPS) is 12.4. The van der Waals surface area contributed by atoms with Gasteiger partial charge in [0.15, 0.2) is 11.5 Å². The first-order valence-electron chi connectivity index (χ1n) is 17.7. The fourth-order valence-corrected chi connectivity index (χ4v) is 9.83. The van der Waals surface area contributed by atoms with Gasteiger partial charge in [0.2, 0.25) is 0 Å². The highest BCUT2D eigenvalue weighted by molar-refractivity contribution is 7.26. The van der Waals surface area contributed by atoms with Crippen LogP contribution in [0.15, 0.2) is 170 Å². The first-order chi connectivity index (χ1) is 25.8. The van der Waals surface area contributed by atoms with Crippen LogP contribution in [-0.2, 0) is 0 Å². The summed E-state index contributed by atoms with van der Waals surface area (Å²) in [6.45, 7) is 0. The summed E-state index contributed by atoms with van der Waals surface area (Å²) in [6.07, 6.45) is 0. The summed E-state index contributed by atoms with van der Waals surface area (Å²) in [5.41, 5.74) is 11.9. The number of rotatable bonds is 3. The standard InChI is InChI=1S/C48H28N2OS/c1-3-14-40-34(9-1)38-28-31(33-11-7-13-37-35-10-2-6-18-46(35)52-48(33)37)22-26-41(38)49(40)32-23-19-29(20-24-32)30-21-25-42-39(27-30)36-12-8-17-45-47(36)50(42)43-15-4-5-16-44(43)51-45/h1-28H. The predicted molar refractivity (Wildman–Crippen MR) is 219 cm³/mol. The zero-order valence-electron chi connectivity index (χ0n) is 27.9. The van der Waals surface area contributed by atoms with Gasteiger partial charge in [0.1, 0.15) is 0 Å². The fourth-order valence-electron chi connectivity index (χ4n) is 8.59. The van der Waals surface area contributed by atoms with Crippen molar-refractivity contribution in [3.8, 4) is 45.1 Å². The van der Waals surface area contributed by atoms with E-state index in [2.05, 4.69) is 167 Å². The van der Waals surface area contributed by atoms with Gasteiger partial charge in [0.05, 0.1) is 27.8 Å². The average molecular weight is 681 g/mol. The number of aromatic nitrogens is 2. The van der Waals surface area contributed by atoms with Crippen LogP contribution in [0, 0.1) is 0 Å². The Balaban J connectivity index is 0.977. The van der Waals surface area contributed by atoms with Crippen molar-refractivity contribution < 1.29 is 4.74 Å². The summed E-state index contributed by atoms with van der Waals surface area (Å²) < 4.78 is 13.8. The molecule has 0 saturated carbocycles. The molecule has 0 saturated heterocycles. The van der Waals surface area contributed by atoms with E-state index in [-0.39, 0.29) is 0 Å². The number of benzene rings is 8. The monoisotopic (exact) mass is 680 g/mol. The van der Waals surface area contributed by atoms with E-state index in [0.29, 0.717) is 0 Å². The zero-order valence-corrected chi connectivity index (χ0v) is 28.7. The summed E-state index contributed by atoms with van der Waals surface area (Å²) in [5, 5.41) is 7.61. The van der Waals surface area contributed by atoms with Crippen molar-refractivity contribution in [2.75, 3.05) is 0 Å². The van der Waals surface area contributed by atoms with E-state index < -0.39 is 0 Å². The largest absolute Gasteiger partial charge is 0.453 e. The molecule has 0 aliphatic carbocycles. The lowest BCUT2D eigenvalue weighted by Gasteiger charge is -2.20. The number of fused-ring (bicyclic) bond motifs is 11. The van der Waals surface area contributed by atoms with Gasteiger partial charge in [-0.05, 0) is 89.0 Å². The molecule has 1 aliphatic heterocycles. The molecule has 3 nitrogen and oxygen atoms in total. The van der Waals surface area contributed by atoms with Crippen molar-refractivity contribution >= 4 is 75.1 Å². The molecule has 4 heteroatoms. The molecule has 1 aliphatic rings.